The van der Waals surface area contributed by atoms with Gasteiger partial charge < -0.3 is 4.74 Å². The van der Waals surface area contributed by atoms with E-state index in [1.165, 1.54) is 23.9 Å². The third-order valence-electron chi connectivity index (χ3n) is 1.95. The molecule has 0 aliphatic carbocycles. The van der Waals surface area contributed by atoms with Crippen molar-refractivity contribution in [2.45, 2.75) is 30.4 Å². The fourth-order valence-corrected chi connectivity index (χ4v) is 2.15. The van der Waals surface area contributed by atoms with Crippen LogP contribution in [-0.4, -0.2) is 17.3 Å². The van der Waals surface area contributed by atoms with Crippen LogP contribution in [-0.2, 0) is 9.53 Å². The van der Waals surface area contributed by atoms with Crippen molar-refractivity contribution < 1.29 is 13.9 Å². The highest BCUT2D eigenvalue weighted by atomic mass is 32.2. The van der Waals surface area contributed by atoms with Crippen LogP contribution >= 0.6 is 11.8 Å². The van der Waals surface area contributed by atoms with Gasteiger partial charge in [-0.15, -0.1) is 11.8 Å². The van der Waals surface area contributed by atoms with Gasteiger partial charge >= 0.3 is 5.97 Å². The molecule has 0 unspecified atom stereocenters. The normalized spacial score (nSPS) is 11.2. The quantitative estimate of drug-likeness (QED) is 0.599. The second kappa shape index (κ2) is 5.34. The SMILES string of the molecule is CCOC(=O)C(C)(C)Sc1ccc(F)cc1. The smallest absolute Gasteiger partial charge is 0.321 e. The highest BCUT2D eigenvalue weighted by molar-refractivity contribution is 8.01. The van der Waals surface area contributed by atoms with Crippen LogP contribution in [0, 0.1) is 5.82 Å². The summed E-state index contributed by atoms with van der Waals surface area (Å²) < 4.78 is 17.0. The van der Waals surface area contributed by atoms with Gasteiger partial charge in [0.25, 0.3) is 0 Å². The predicted molar refractivity (Wildman–Crippen MR) is 63.0 cm³/mol. The van der Waals surface area contributed by atoms with E-state index in [1.807, 2.05) is 0 Å². The number of hydrogen-bond donors (Lipinski definition) is 0. The van der Waals surface area contributed by atoms with E-state index in [4.69, 9.17) is 4.74 Å². The van der Waals surface area contributed by atoms with Crippen molar-refractivity contribution >= 4 is 17.7 Å². The Morgan fingerprint density at radius 2 is 1.94 bits per heavy atom. The molecule has 0 fully saturated rings. The molecule has 4 heteroatoms. The van der Waals surface area contributed by atoms with Crippen molar-refractivity contribution in [3.05, 3.63) is 30.1 Å². The summed E-state index contributed by atoms with van der Waals surface area (Å²) in [6.07, 6.45) is 0. The average Bonchev–Trinajstić information content (AvgIpc) is 2.21. The van der Waals surface area contributed by atoms with Gasteiger partial charge in [-0.2, -0.15) is 0 Å². The maximum absolute atomic E-state index is 12.7. The summed E-state index contributed by atoms with van der Waals surface area (Å²) in [6.45, 7) is 5.72. The van der Waals surface area contributed by atoms with Crippen molar-refractivity contribution in [1.29, 1.82) is 0 Å². The van der Waals surface area contributed by atoms with Crippen LogP contribution < -0.4 is 0 Å². The number of ether oxygens (including phenoxy) is 1. The number of carbonyl (C=O) groups is 1. The number of rotatable bonds is 4. The number of benzene rings is 1. The first kappa shape index (κ1) is 13.0. The molecular weight excluding hydrogens is 227 g/mol. The van der Waals surface area contributed by atoms with Crippen LogP contribution in [0.15, 0.2) is 29.2 Å². The lowest BCUT2D eigenvalue weighted by Gasteiger charge is -2.21. The molecular formula is C12H15FO2S. The van der Waals surface area contributed by atoms with Gasteiger partial charge in [0.1, 0.15) is 10.6 Å². The van der Waals surface area contributed by atoms with E-state index in [-0.39, 0.29) is 11.8 Å². The van der Waals surface area contributed by atoms with E-state index in [2.05, 4.69) is 0 Å². The zero-order valence-corrected chi connectivity index (χ0v) is 10.4. The monoisotopic (exact) mass is 242 g/mol. The Labute approximate surface area is 99.2 Å². The number of carbonyl (C=O) groups excluding carboxylic acids is 1. The van der Waals surface area contributed by atoms with Crippen LogP contribution in [0.5, 0.6) is 0 Å². The van der Waals surface area contributed by atoms with Crippen LogP contribution in [0.2, 0.25) is 0 Å². The molecule has 0 radical (unpaired) electrons. The van der Waals surface area contributed by atoms with E-state index in [0.717, 1.165) is 4.90 Å². The minimum atomic E-state index is -0.659. The van der Waals surface area contributed by atoms with Gasteiger partial charge in [0, 0.05) is 4.90 Å². The molecule has 0 heterocycles. The Kier molecular flexibility index (Phi) is 4.35. The van der Waals surface area contributed by atoms with Gasteiger partial charge in [0.05, 0.1) is 6.61 Å². The molecule has 0 aromatic heterocycles. The van der Waals surface area contributed by atoms with Crippen LogP contribution in [0.4, 0.5) is 4.39 Å². The molecule has 0 amide bonds. The molecule has 0 aliphatic heterocycles. The molecule has 0 spiro atoms. The van der Waals surface area contributed by atoms with E-state index in [9.17, 15) is 9.18 Å². The van der Waals surface area contributed by atoms with Gasteiger partial charge in [0.15, 0.2) is 0 Å². The molecule has 2 nitrogen and oxygen atoms in total. The van der Waals surface area contributed by atoms with E-state index >= 15 is 0 Å². The fourth-order valence-electron chi connectivity index (χ4n) is 1.14. The Morgan fingerprint density at radius 3 is 2.44 bits per heavy atom. The Balaban J connectivity index is 2.72. The second-order valence-corrected chi connectivity index (χ2v) is 5.48. The zero-order chi connectivity index (χ0) is 12.2. The van der Waals surface area contributed by atoms with Gasteiger partial charge in [0.2, 0.25) is 0 Å². The Morgan fingerprint density at radius 1 is 1.38 bits per heavy atom. The maximum atomic E-state index is 12.7. The minimum absolute atomic E-state index is 0.260. The number of hydrogen-bond acceptors (Lipinski definition) is 3. The lowest BCUT2D eigenvalue weighted by Crippen LogP contribution is -2.29. The third kappa shape index (κ3) is 3.52. The van der Waals surface area contributed by atoms with Gasteiger partial charge in [-0.1, -0.05) is 0 Å². The largest absolute Gasteiger partial charge is 0.465 e. The Hall–Kier alpha value is -1.03. The first-order chi connectivity index (χ1) is 7.45. The summed E-state index contributed by atoms with van der Waals surface area (Å²) >= 11 is 1.36. The standard InChI is InChI=1S/C12H15FO2S/c1-4-15-11(14)12(2,3)16-10-7-5-9(13)6-8-10/h5-8H,4H2,1-3H3. The Bertz CT molecular complexity index is 360. The summed E-state index contributed by atoms with van der Waals surface area (Å²) in [5.41, 5.74) is 0. The molecule has 1 aromatic rings. The topological polar surface area (TPSA) is 26.3 Å². The summed E-state index contributed by atoms with van der Waals surface area (Å²) in [5.74, 6) is -0.539. The molecule has 0 saturated carbocycles. The van der Waals surface area contributed by atoms with Crippen molar-refractivity contribution in [1.82, 2.24) is 0 Å². The third-order valence-corrected chi connectivity index (χ3v) is 3.14. The van der Waals surface area contributed by atoms with Gasteiger partial charge in [-0.3, -0.25) is 4.79 Å². The number of halogens is 1. The molecule has 0 atom stereocenters. The van der Waals surface area contributed by atoms with Crippen molar-refractivity contribution in [2.24, 2.45) is 0 Å². The molecule has 0 bridgehead atoms. The van der Waals surface area contributed by atoms with Crippen molar-refractivity contribution in [3.63, 3.8) is 0 Å². The molecule has 88 valence electrons. The molecule has 0 N–H and O–H groups in total. The average molecular weight is 242 g/mol. The van der Waals surface area contributed by atoms with Crippen molar-refractivity contribution in [2.75, 3.05) is 6.61 Å². The molecule has 0 aliphatic rings. The summed E-state index contributed by atoms with van der Waals surface area (Å²) in [4.78, 5) is 12.5. The lowest BCUT2D eigenvalue weighted by atomic mass is 10.2. The first-order valence-electron chi connectivity index (χ1n) is 5.07. The highest BCUT2D eigenvalue weighted by Crippen LogP contribution is 2.33. The molecule has 0 saturated heterocycles. The van der Waals surface area contributed by atoms with Gasteiger partial charge in [-0.25, -0.2) is 4.39 Å². The molecule has 1 rings (SSSR count). The second-order valence-electron chi connectivity index (χ2n) is 3.79. The van der Waals surface area contributed by atoms with Crippen LogP contribution in [0.25, 0.3) is 0 Å². The van der Waals surface area contributed by atoms with Crippen LogP contribution in [0.1, 0.15) is 20.8 Å². The molecule has 1 aromatic carbocycles. The van der Waals surface area contributed by atoms with Gasteiger partial charge in [-0.05, 0) is 45.0 Å². The minimum Gasteiger partial charge on any atom is -0.465 e. The lowest BCUT2D eigenvalue weighted by molar-refractivity contribution is -0.145. The number of thioether (sulfide) groups is 1. The highest BCUT2D eigenvalue weighted by Gasteiger charge is 2.30. The van der Waals surface area contributed by atoms with Crippen LogP contribution in [0.3, 0.4) is 0 Å². The fraction of sp³-hybridized carbons (Fsp3) is 0.417. The molecule has 16 heavy (non-hydrogen) atoms. The number of esters is 1. The predicted octanol–water partition coefficient (Wildman–Crippen LogP) is 3.26. The van der Waals surface area contributed by atoms with E-state index < -0.39 is 4.75 Å². The first-order valence-corrected chi connectivity index (χ1v) is 5.89. The maximum Gasteiger partial charge on any atom is 0.321 e. The van der Waals surface area contributed by atoms with Crippen molar-refractivity contribution in [3.8, 4) is 0 Å². The summed E-state index contributed by atoms with van der Waals surface area (Å²) in [7, 11) is 0. The summed E-state index contributed by atoms with van der Waals surface area (Å²) in [6, 6.07) is 6.06. The zero-order valence-electron chi connectivity index (χ0n) is 9.62. The van der Waals surface area contributed by atoms with E-state index in [0.29, 0.717) is 6.61 Å². The summed E-state index contributed by atoms with van der Waals surface area (Å²) in [5, 5.41) is 0. The van der Waals surface area contributed by atoms with E-state index in [1.54, 1.807) is 32.9 Å².